The smallest absolute Gasteiger partial charge is 0.407 e. The van der Waals surface area contributed by atoms with Gasteiger partial charge in [0.1, 0.15) is 10.7 Å². The molecular weight excluding hydrogens is 170 g/mol. The zero-order valence-corrected chi connectivity index (χ0v) is 6.66. The Kier molecular flexibility index (Phi) is 2.33. The lowest BCUT2D eigenvalue weighted by atomic mass is 10.0. The first kappa shape index (κ1) is 8.32. The van der Waals surface area contributed by atoms with Crippen LogP contribution in [0.5, 0.6) is 0 Å². The largest absolute Gasteiger partial charge is 0.465 e. The first-order valence-electron chi connectivity index (χ1n) is 3.19. The molecule has 64 valence electrons. The Morgan fingerprint density at radius 2 is 2.09 bits per heavy atom. The van der Waals surface area contributed by atoms with Crippen molar-refractivity contribution in [3.05, 3.63) is 0 Å². The molecule has 1 fully saturated rings. The number of thiol groups is 1. The van der Waals surface area contributed by atoms with Crippen molar-refractivity contribution in [2.24, 2.45) is 5.92 Å². The topological polar surface area (TPSA) is 74.7 Å². The van der Waals surface area contributed by atoms with Crippen LogP contribution >= 0.6 is 0 Å². The third kappa shape index (κ3) is 2.07. The van der Waals surface area contributed by atoms with Crippen molar-refractivity contribution in [3.63, 3.8) is 0 Å². The minimum absolute atomic E-state index is 0.0206. The SMILES string of the molecule is O=C(O)N1CC(C[SH](=O)=O)C1. The second kappa shape index (κ2) is 3.08. The van der Waals surface area contributed by atoms with Crippen LogP contribution in [-0.2, 0) is 10.7 Å². The van der Waals surface area contributed by atoms with Gasteiger partial charge in [-0.1, -0.05) is 0 Å². The molecule has 0 saturated carbocycles. The van der Waals surface area contributed by atoms with E-state index in [4.69, 9.17) is 5.11 Å². The molecule has 1 amide bonds. The van der Waals surface area contributed by atoms with Gasteiger partial charge < -0.3 is 10.0 Å². The fourth-order valence-corrected chi connectivity index (χ4v) is 1.70. The van der Waals surface area contributed by atoms with Crippen LogP contribution in [0.2, 0.25) is 0 Å². The molecule has 0 bridgehead atoms. The van der Waals surface area contributed by atoms with Crippen molar-refractivity contribution in [3.8, 4) is 0 Å². The van der Waals surface area contributed by atoms with Gasteiger partial charge >= 0.3 is 6.09 Å². The van der Waals surface area contributed by atoms with E-state index < -0.39 is 16.8 Å². The Morgan fingerprint density at radius 3 is 2.45 bits per heavy atom. The molecule has 0 aromatic heterocycles. The van der Waals surface area contributed by atoms with E-state index in [1.54, 1.807) is 0 Å². The highest BCUT2D eigenvalue weighted by atomic mass is 32.2. The number of nitrogens with zero attached hydrogens (tertiary/aromatic N) is 1. The third-order valence-electron chi connectivity index (χ3n) is 1.63. The van der Waals surface area contributed by atoms with Crippen LogP contribution in [0.15, 0.2) is 0 Å². The predicted molar refractivity (Wildman–Crippen MR) is 38.3 cm³/mol. The lowest BCUT2D eigenvalue weighted by Gasteiger charge is -2.35. The molecular formula is C5H9NO4S. The van der Waals surface area contributed by atoms with Crippen LogP contribution in [0.3, 0.4) is 0 Å². The molecule has 1 heterocycles. The zero-order valence-electron chi connectivity index (χ0n) is 5.77. The number of likely N-dealkylation sites (tertiary alicyclic amines) is 1. The monoisotopic (exact) mass is 179 g/mol. The number of rotatable bonds is 2. The Bertz CT molecular complexity index is 223. The standard InChI is InChI=1S/C5H9NO4S/c7-5(8)6-1-4(2-6)3-11(9)10/h4,11H,1-3H2,(H,7,8). The summed E-state index contributed by atoms with van der Waals surface area (Å²) in [6.07, 6.45) is -0.970. The van der Waals surface area contributed by atoms with Gasteiger partial charge in [-0.05, 0) is 0 Å². The van der Waals surface area contributed by atoms with Crippen LogP contribution in [0.1, 0.15) is 0 Å². The molecule has 6 heteroatoms. The van der Waals surface area contributed by atoms with E-state index in [0.29, 0.717) is 13.1 Å². The molecule has 0 aromatic carbocycles. The molecule has 0 aliphatic carbocycles. The maximum atomic E-state index is 10.2. The number of carboxylic acid groups (broad SMARTS) is 1. The van der Waals surface area contributed by atoms with Gasteiger partial charge in [-0.3, -0.25) is 0 Å². The molecule has 1 aliphatic heterocycles. The zero-order chi connectivity index (χ0) is 8.43. The van der Waals surface area contributed by atoms with Gasteiger partial charge in [0.15, 0.2) is 0 Å². The normalized spacial score (nSPS) is 18.5. The second-order valence-corrected chi connectivity index (χ2v) is 3.60. The number of carbonyl (C=O) groups is 1. The Balaban J connectivity index is 2.24. The molecule has 1 rings (SSSR count). The van der Waals surface area contributed by atoms with Crippen LogP contribution in [0, 0.1) is 5.92 Å². The minimum Gasteiger partial charge on any atom is -0.465 e. The quantitative estimate of drug-likeness (QED) is 0.545. The van der Waals surface area contributed by atoms with Gasteiger partial charge in [-0.15, -0.1) is 0 Å². The van der Waals surface area contributed by atoms with Gasteiger partial charge in [-0.2, -0.15) is 0 Å². The lowest BCUT2D eigenvalue weighted by molar-refractivity contribution is 0.0896. The maximum absolute atomic E-state index is 10.2. The Hall–Kier alpha value is -0.780. The molecule has 5 nitrogen and oxygen atoms in total. The third-order valence-corrected chi connectivity index (χ3v) is 2.45. The first-order valence-corrected chi connectivity index (χ1v) is 4.55. The maximum Gasteiger partial charge on any atom is 0.407 e. The van der Waals surface area contributed by atoms with E-state index in [2.05, 4.69) is 0 Å². The number of hydrogen-bond donors (Lipinski definition) is 2. The highest BCUT2D eigenvalue weighted by Gasteiger charge is 2.30. The van der Waals surface area contributed by atoms with Crippen LogP contribution in [0.25, 0.3) is 0 Å². The highest BCUT2D eigenvalue weighted by Crippen LogP contribution is 2.14. The average Bonchev–Trinajstić information content (AvgIpc) is 1.75. The van der Waals surface area contributed by atoms with Crippen molar-refractivity contribution in [2.75, 3.05) is 18.8 Å². The summed E-state index contributed by atoms with van der Waals surface area (Å²) in [6, 6.07) is 0. The van der Waals surface area contributed by atoms with E-state index in [0.717, 1.165) is 0 Å². The van der Waals surface area contributed by atoms with Crippen LogP contribution in [-0.4, -0.2) is 43.4 Å². The van der Waals surface area contributed by atoms with Gasteiger partial charge in [-0.25, -0.2) is 13.2 Å². The molecule has 1 N–H and O–H groups in total. The minimum atomic E-state index is -2.35. The molecule has 11 heavy (non-hydrogen) atoms. The van der Waals surface area contributed by atoms with Crippen molar-refractivity contribution in [2.45, 2.75) is 0 Å². The average molecular weight is 179 g/mol. The summed E-state index contributed by atoms with van der Waals surface area (Å²) in [4.78, 5) is 11.4. The highest BCUT2D eigenvalue weighted by molar-refractivity contribution is 7.72. The van der Waals surface area contributed by atoms with Crippen molar-refractivity contribution < 1.29 is 18.3 Å². The van der Waals surface area contributed by atoms with Gasteiger partial charge in [0.05, 0.1) is 5.75 Å². The van der Waals surface area contributed by atoms with Gasteiger partial charge in [0.2, 0.25) is 0 Å². The molecule has 1 aliphatic rings. The number of hydrogen-bond acceptors (Lipinski definition) is 3. The summed E-state index contributed by atoms with van der Waals surface area (Å²) < 4.78 is 20.3. The predicted octanol–water partition coefficient (Wildman–Crippen LogP) is -0.792. The molecule has 0 spiro atoms. The first-order chi connectivity index (χ1) is 5.09. The summed E-state index contributed by atoms with van der Waals surface area (Å²) in [6.45, 7) is 0.720. The van der Waals surface area contributed by atoms with Crippen LogP contribution < -0.4 is 0 Å². The van der Waals surface area contributed by atoms with E-state index in [9.17, 15) is 13.2 Å². The van der Waals surface area contributed by atoms with Crippen molar-refractivity contribution in [1.29, 1.82) is 0 Å². The lowest BCUT2D eigenvalue weighted by Crippen LogP contribution is -2.50. The Morgan fingerprint density at radius 1 is 1.55 bits per heavy atom. The summed E-state index contributed by atoms with van der Waals surface area (Å²) in [7, 11) is -2.35. The Labute approximate surface area is 65.6 Å². The van der Waals surface area contributed by atoms with Crippen LogP contribution in [0.4, 0.5) is 4.79 Å². The van der Waals surface area contributed by atoms with Gasteiger partial charge in [0.25, 0.3) is 0 Å². The summed E-state index contributed by atoms with van der Waals surface area (Å²) in [5.41, 5.74) is 0. The summed E-state index contributed by atoms with van der Waals surface area (Å²) in [5.74, 6) is 0.131. The van der Waals surface area contributed by atoms with E-state index in [-0.39, 0.29) is 11.7 Å². The fraction of sp³-hybridized carbons (Fsp3) is 0.800. The van der Waals surface area contributed by atoms with Crippen molar-refractivity contribution >= 4 is 16.8 Å². The van der Waals surface area contributed by atoms with E-state index in [1.807, 2.05) is 0 Å². The number of amides is 1. The van der Waals surface area contributed by atoms with E-state index in [1.165, 1.54) is 4.90 Å². The summed E-state index contributed by atoms with van der Waals surface area (Å²) >= 11 is 0. The van der Waals surface area contributed by atoms with Crippen molar-refractivity contribution in [1.82, 2.24) is 4.90 Å². The second-order valence-electron chi connectivity index (χ2n) is 2.57. The summed E-state index contributed by atoms with van der Waals surface area (Å²) in [5, 5.41) is 8.36. The molecule has 0 unspecified atom stereocenters. The molecule has 0 atom stereocenters. The molecule has 1 saturated heterocycles. The molecule has 0 aromatic rings. The van der Waals surface area contributed by atoms with E-state index >= 15 is 0 Å². The fourth-order valence-electron chi connectivity index (χ4n) is 1.05. The van der Waals surface area contributed by atoms with Gasteiger partial charge in [0, 0.05) is 19.0 Å². The molecule has 0 radical (unpaired) electrons.